The lowest BCUT2D eigenvalue weighted by atomic mass is 10.1. The highest BCUT2D eigenvalue weighted by Gasteiger charge is 2.23. The quantitative estimate of drug-likeness (QED) is 0.529. The van der Waals surface area contributed by atoms with Gasteiger partial charge in [-0.3, -0.25) is 4.79 Å². The van der Waals surface area contributed by atoms with Crippen LogP contribution in [0.5, 0.6) is 5.75 Å². The van der Waals surface area contributed by atoms with Gasteiger partial charge in [-0.25, -0.2) is 9.37 Å². The number of carbonyl (C=O) groups excluding carboxylic acids is 1. The minimum atomic E-state index is -0.450. The van der Waals surface area contributed by atoms with Gasteiger partial charge in [0.1, 0.15) is 17.4 Å². The first kappa shape index (κ1) is 23.8. The molecule has 4 rings (SSSR count). The number of carbonyl (C=O) groups is 1. The van der Waals surface area contributed by atoms with Gasteiger partial charge in [-0.15, -0.1) is 0 Å². The SMILES string of the molecule is COc1ccc(Nc2cc(C)nc(N3CCN(C(=O)CCc4ccc(F)c(Cl)c4)CC3)n2)cc1. The molecule has 0 bridgehead atoms. The third-order valence-corrected chi connectivity index (χ3v) is 6.02. The molecule has 1 aliphatic rings. The second-order valence-corrected chi connectivity index (χ2v) is 8.57. The van der Waals surface area contributed by atoms with Crippen LogP contribution < -0.4 is 15.0 Å². The number of ether oxygens (including phenoxy) is 1. The van der Waals surface area contributed by atoms with Gasteiger partial charge in [-0.05, 0) is 55.3 Å². The Morgan fingerprint density at radius 3 is 2.50 bits per heavy atom. The van der Waals surface area contributed by atoms with Gasteiger partial charge in [0.2, 0.25) is 11.9 Å². The second-order valence-electron chi connectivity index (χ2n) is 8.16. The van der Waals surface area contributed by atoms with Crippen LogP contribution in [0, 0.1) is 12.7 Å². The molecule has 2 heterocycles. The number of amides is 1. The molecule has 0 saturated carbocycles. The van der Waals surface area contributed by atoms with E-state index >= 15 is 0 Å². The molecule has 34 heavy (non-hydrogen) atoms. The maximum absolute atomic E-state index is 13.3. The summed E-state index contributed by atoms with van der Waals surface area (Å²) >= 11 is 5.83. The van der Waals surface area contributed by atoms with Gasteiger partial charge in [0.05, 0.1) is 12.1 Å². The summed E-state index contributed by atoms with van der Waals surface area (Å²) in [4.78, 5) is 25.9. The van der Waals surface area contributed by atoms with E-state index in [2.05, 4.69) is 20.2 Å². The molecule has 1 fully saturated rings. The van der Waals surface area contributed by atoms with Crippen molar-refractivity contribution in [3.8, 4) is 5.75 Å². The number of halogens is 2. The minimum Gasteiger partial charge on any atom is -0.497 e. The number of methoxy groups -OCH3 is 1. The summed E-state index contributed by atoms with van der Waals surface area (Å²) in [6.45, 7) is 4.44. The minimum absolute atomic E-state index is 0.0760. The fraction of sp³-hybridized carbons (Fsp3) is 0.320. The monoisotopic (exact) mass is 483 g/mol. The van der Waals surface area contributed by atoms with E-state index in [0.717, 1.165) is 22.7 Å². The van der Waals surface area contributed by atoms with Crippen LogP contribution in [-0.2, 0) is 11.2 Å². The van der Waals surface area contributed by atoms with Crippen molar-refractivity contribution in [2.45, 2.75) is 19.8 Å². The van der Waals surface area contributed by atoms with E-state index in [9.17, 15) is 9.18 Å². The summed E-state index contributed by atoms with van der Waals surface area (Å²) in [6, 6.07) is 14.1. The number of hydrogen-bond donors (Lipinski definition) is 1. The molecule has 0 unspecified atom stereocenters. The normalized spacial score (nSPS) is 13.6. The molecule has 1 aliphatic heterocycles. The maximum Gasteiger partial charge on any atom is 0.227 e. The van der Waals surface area contributed by atoms with Crippen LogP contribution in [0.4, 0.5) is 21.8 Å². The largest absolute Gasteiger partial charge is 0.497 e. The lowest BCUT2D eigenvalue weighted by Gasteiger charge is -2.35. The number of nitrogens with zero attached hydrogens (tertiary/aromatic N) is 4. The first-order valence-electron chi connectivity index (χ1n) is 11.1. The van der Waals surface area contributed by atoms with Crippen LogP contribution in [0.3, 0.4) is 0 Å². The molecule has 178 valence electrons. The van der Waals surface area contributed by atoms with Crippen molar-refractivity contribution in [3.63, 3.8) is 0 Å². The average Bonchev–Trinajstić information content (AvgIpc) is 2.85. The molecule has 1 saturated heterocycles. The highest BCUT2D eigenvalue weighted by molar-refractivity contribution is 6.30. The summed E-state index contributed by atoms with van der Waals surface area (Å²) in [5.74, 6) is 1.77. The molecule has 0 atom stereocenters. The zero-order valence-electron chi connectivity index (χ0n) is 19.2. The van der Waals surface area contributed by atoms with Gasteiger partial charge in [0, 0.05) is 50.0 Å². The summed E-state index contributed by atoms with van der Waals surface area (Å²) < 4.78 is 18.5. The third kappa shape index (κ3) is 5.94. The predicted octanol–water partition coefficient (Wildman–Crippen LogP) is 4.61. The van der Waals surface area contributed by atoms with E-state index < -0.39 is 5.82 Å². The van der Waals surface area contributed by atoms with Gasteiger partial charge in [0.25, 0.3) is 0 Å². The van der Waals surface area contributed by atoms with Crippen molar-refractivity contribution in [1.29, 1.82) is 0 Å². The highest BCUT2D eigenvalue weighted by Crippen LogP contribution is 2.22. The third-order valence-electron chi connectivity index (χ3n) is 5.73. The smallest absolute Gasteiger partial charge is 0.227 e. The maximum atomic E-state index is 13.3. The Bertz CT molecular complexity index is 1150. The second kappa shape index (κ2) is 10.7. The Labute approximate surface area is 203 Å². The van der Waals surface area contributed by atoms with Gasteiger partial charge in [-0.2, -0.15) is 4.98 Å². The number of aromatic nitrogens is 2. The van der Waals surface area contributed by atoms with Crippen molar-refractivity contribution < 1.29 is 13.9 Å². The molecule has 9 heteroatoms. The van der Waals surface area contributed by atoms with Gasteiger partial charge in [-0.1, -0.05) is 17.7 Å². The Hall–Kier alpha value is -3.39. The van der Waals surface area contributed by atoms with Crippen molar-refractivity contribution >= 4 is 35.0 Å². The lowest BCUT2D eigenvalue weighted by molar-refractivity contribution is -0.131. The van der Waals surface area contributed by atoms with E-state index in [1.807, 2.05) is 42.2 Å². The molecular weight excluding hydrogens is 457 g/mol. The number of benzene rings is 2. The first-order chi connectivity index (χ1) is 16.4. The molecular formula is C25H27ClFN5O2. The number of hydrogen-bond acceptors (Lipinski definition) is 6. The van der Waals surface area contributed by atoms with E-state index in [1.54, 1.807) is 19.2 Å². The number of piperazine rings is 1. The van der Waals surface area contributed by atoms with Gasteiger partial charge in [0.15, 0.2) is 0 Å². The van der Waals surface area contributed by atoms with Crippen LogP contribution in [-0.4, -0.2) is 54.1 Å². The van der Waals surface area contributed by atoms with Crippen LogP contribution in [0.25, 0.3) is 0 Å². The van der Waals surface area contributed by atoms with E-state index in [-0.39, 0.29) is 10.9 Å². The van der Waals surface area contributed by atoms with Gasteiger partial charge >= 0.3 is 0 Å². The van der Waals surface area contributed by atoms with Crippen LogP contribution >= 0.6 is 11.6 Å². The standard InChI is InChI=1S/C25H27ClFN5O2/c1-17-15-23(29-19-5-7-20(34-2)8-6-19)30-25(28-17)32-13-11-31(12-14-32)24(33)10-4-18-3-9-22(27)21(26)16-18/h3,5-9,15-16H,4,10-14H2,1-2H3,(H,28,29,30). The van der Waals surface area contributed by atoms with Crippen molar-refractivity contribution in [1.82, 2.24) is 14.9 Å². The molecule has 3 aromatic rings. The first-order valence-corrected chi connectivity index (χ1v) is 11.5. The molecule has 0 radical (unpaired) electrons. The summed E-state index contributed by atoms with van der Waals surface area (Å²) in [5.41, 5.74) is 2.61. The zero-order chi connectivity index (χ0) is 24.1. The summed E-state index contributed by atoms with van der Waals surface area (Å²) in [7, 11) is 1.64. The fourth-order valence-corrected chi connectivity index (χ4v) is 4.04. The molecule has 0 spiro atoms. The molecule has 1 N–H and O–H groups in total. The van der Waals surface area contributed by atoms with Gasteiger partial charge < -0.3 is 19.9 Å². The number of nitrogens with one attached hydrogen (secondary N) is 1. The Morgan fingerprint density at radius 1 is 1.09 bits per heavy atom. The zero-order valence-corrected chi connectivity index (χ0v) is 20.0. The van der Waals surface area contributed by atoms with E-state index in [1.165, 1.54) is 6.07 Å². The van der Waals surface area contributed by atoms with Crippen LogP contribution in [0.1, 0.15) is 17.7 Å². The molecule has 2 aromatic carbocycles. The van der Waals surface area contributed by atoms with Crippen molar-refractivity contribution in [2.75, 3.05) is 43.5 Å². The predicted molar refractivity (Wildman–Crippen MR) is 132 cm³/mol. The number of anilines is 3. The molecule has 1 amide bonds. The van der Waals surface area contributed by atoms with E-state index in [0.29, 0.717) is 50.8 Å². The summed E-state index contributed by atoms with van der Waals surface area (Å²) in [5, 5.41) is 3.39. The van der Waals surface area contributed by atoms with E-state index in [4.69, 9.17) is 16.3 Å². The van der Waals surface area contributed by atoms with Crippen molar-refractivity contribution in [2.24, 2.45) is 0 Å². The van der Waals surface area contributed by atoms with Crippen LogP contribution in [0.15, 0.2) is 48.5 Å². The number of aryl methyl sites for hydroxylation is 2. The topological polar surface area (TPSA) is 70.6 Å². The lowest BCUT2D eigenvalue weighted by Crippen LogP contribution is -2.49. The van der Waals surface area contributed by atoms with Crippen LogP contribution in [0.2, 0.25) is 5.02 Å². The highest BCUT2D eigenvalue weighted by atomic mass is 35.5. The molecule has 7 nitrogen and oxygen atoms in total. The summed E-state index contributed by atoms with van der Waals surface area (Å²) in [6.07, 6.45) is 0.888. The molecule has 0 aliphatic carbocycles. The number of rotatable bonds is 7. The average molecular weight is 484 g/mol. The fourth-order valence-electron chi connectivity index (χ4n) is 3.84. The Kier molecular flexibility index (Phi) is 7.47. The molecule has 1 aromatic heterocycles. The van der Waals surface area contributed by atoms with Crippen molar-refractivity contribution in [3.05, 3.63) is 70.6 Å². The Morgan fingerprint density at radius 2 is 1.82 bits per heavy atom. The Balaban J connectivity index is 1.33.